The van der Waals surface area contributed by atoms with Crippen molar-refractivity contribution in [3.8, 4) is 5.75 Å². The Bertz CT molecular complexity index is 1000. The number of thioether (sulfide) groups is 1. The largest absolute Gasteiger partial charge is 0.495 e. The van der Waals surface area contributed by atoms with E-state index >= 15 is 0 Å². The van der Waals surface area contributed by atoms with E-state index in [0.29, 0.717) is 6.42 Å². The van der Waals surface area contributed by atoms with Crippen LogP contribution in [0.5, 0.6) is 5.75 Å². The van der Waals surface area contributed by atoms with Crippen LogP contribution in [0.1, 0.15) is 18.1 Å². The van der Waals surface area contributed by atoms with Gasteiger partial charge in [0, 0.05) is 11.4 Å². The fourth-order valence-electron chi connectivity index (χ4n) is 2.89. The molecule has 0 radical (unpaired) electrons. The number of fused-ring (bicyclic) bond motifs is 1. The van der Waals surface area contributed by atoms with Crippen LogP contribution >= 0.6 is 23.1 Å². The van der Waals surface area contributed by atoms with Gasteiger partial charge in [0.15, 0.2) is 4.80 Å². The van der Waals surface area contributed by atoms with Crippen LogP contribution in [0.25, 0.3) is 10.2 Å². The van der Waals surface area contributed by atoms with Crippen molar-refractivity contribution in [2.45, 2.75) is 31.7 Å². The van der Waals surface area contributed by atoms with Gasteiger partial charge < -0.3 is 9.30 Å². The molecule has 1 amide bonds. The summed E-state index contributed by atoms with van der Waals surface area (Å²) in [7, 11) is 1.67. The van der Waals surface area contributed by atoms with Gasteiger partial charge in [0.05, 0.1) is 18.2 Å². The first-order valence-electron chi connectivity index (χ1n) is 8.44. The summed E-state index contributed by atoms with van der Waals surface area (Å²) in [4.78, 5) is 18.8. The Labute approximate surface area is 161 Å². The van der Waals surface area contributed by atoms with Crippen molar-refractivity contribution in [1.82, 2.24) is 4.57 Å². The van der Waals surface area contributed by atoms with Crippen molar-refractivity contribution in [2.75, 3.05) is 13.4 Å². The molecule has 1 heterocycles. The Morgan fingerprint density at radius 1 is 1.23 bits per heavy atom. The zero-order chi connectivity index (χ0) is 18.7. The van der Waals surface area contributed by atoms with Crippen LogP contribution in [0.2, 0.25) is 0 Å². The molecular formula is C20H22N2O2S2. The highest BCUT2D eigenvalue weighted by Crippen LogP contribution is 2.30. The summed E-state index contributed by atoms with van der Waals surface area (Å²) in [5.74, 6) is 0.678. The SMILES string of the molecule is CCn1c(=NC(=O)Cc2ccc(SC)cc2)sc2c(C)ccc(OC)c21. The first kappa shape index (κ1) is 18.7. The van der Waals surface area contributed by atoms with Crippen LogP contribution in [0.3, 0.4) is 0 Å². The minimum atomic E-state index is -0.132. The summed E-state index contributed by atoms with van der Waals surface area (Å²) >= 11 is 3.23. The number of carbonyl (C=O) groups excluding carboxylic acids is 1. The summed E-state index contributed by atoms with van der Waals surface area (Å²) in [6.07, 6.45) is 2.35. The third kappa shape index (κ3) is 3.71. The average Bonchev–Trinajstić information content (AvgIpc) is 3.01. The second kappa shape index (κ2) is 8.10. The zero-order valence-electron chi connectivity index (χ0n) is 15.4. The number of thiazole rings is 1. The lowest BCUT2D eigenvalue weighted by molar-refractivity contribution is -0.117. The van der Waals surface area contributed by atoms with Crippen molar-refractivity contribution < 1.29 is 9.53 Å². The van der Waals surface area contributed by atoms with Gasteiger partial charge in [0.25, 0.3) is 5.91 Å². The van der Waals surface area contributed by atoms with E-state index in [1.54, 1.807) is 30.2 Å². The van der Waals surface area contributed by atoms with Gasteiger partial charge in [-0.05, 0) is 49.4 Å². The maximum atomic E-state index is 12.5. The van der Waals surface area contributed by atoms with Crippen molar-refractivity contribution in [1.29, 1.82) is 0 Å². The molecule has 136 valence electrons. The second-order valence-electron chi connectivity index (χ2n) is 5.92. The molecule has 0 aliphatic heterocycles. The highest BCUT2D eigenvalue weighted by Gasteiger charge is 2.13. The van der Waals surface area contributed by atoms with Gasteiger partial charge in [-0.15, -0.1) is 11.8 Å². The van der Waals surface area contributed by atoms with Gasteiger partial charge in [-0.25, -0.2) is 0 Å². The van der Waals surface area contributed by atoms with E-state index < -0.39 is 0 Å². The molecule has 3 aromatic rings. The molecule has 6 heteroatoms. The lowest BCUT2D eigenvalue weighted by Gasteiger charge is -2.07. The minimum Gasteiger partial charge on any atom is -0.495 e. The van der Waals surface area contributed by atoms with E-state index in [9.17, 15) is 4.79 Å². The van der Waals surface area contributed by atoms with Crippen molar-refractivity contribution >= 4 is 39.2 Å². The first-order valence-corrected chi connectivity index (χ1v) is 10.5. The maximum absolute atomic E-state index is 12.5. The highest BCUT2D eigenvalue weighted by molar-refractivity contribution is 7.98. The molecule has 2 aromatic carbocycles. The quantitative estimate of drug-likeness (QED) is 0.609. The maximum Gasteiger partial charge on any atom is 0.252 e. The van der Waals surface area contributed by atoms with Gasteiger partial charge in [0.2, 0.25) is 0 Å². The van der Waals surface area contributed by atoms with Gasteiger partial charge in [-0.1, -0.05) is 29.5 Å². The molecule has 0 aliphatic rings. The first-order chi connectivity index (χ1) is 12.6. The van der Waals surface area contributed by atoms with Crippen molar-refractivity contribution in [2.24, 2.45) is 4.99 Å². The molecule has 0 spiro atoms. The number of methoxy groups -OCH3 is 1. The van der Waals surface area contributed by atoms with Crippen LogP contribution in [0, 0.1) is 6.92 Å². The Balaban J connectivity index is 2.00. The van der Waals surface area contributed by atoms with E-state index in [1.807, 2.05) is 42.7 Å². The summed E-state index contributed by atoms with van der Waals surface area (Å²) in [5.41, 5.74) is 3.15. The highest BCUT2D eigenvalue weighted by atomic mass is 32.2. The van der Waals surface area contributed by atoms with Gasteiger partial charge >= 0.3 is 0 Å². The number of carbonyl (C=O) groups is 1. The molecule has 0 saturated carbocycles. The van der Waals surface area contributed by atoms with Crippen molar-refractivity contribution in [3.05, 3.63) is 52.3 Å². The molecule has 3 rings (SSSR count). The molecule has 0 aliphatic carbocycles. The van der Waals surface area contributed by atoms with Crippen LogP contribution in [-0.2, 0) is 17.8 Å². The molecule has 1 aromatic heterocycles. The molecule has 0 atom stereocenters. The van der Waals surface area contributed by atoms with E-state index in [0.717, 1.165) is 38.4 Å². The predicted octanol–water partition coefficient (Wildman–Crippen LogP) is 4.43. The molecule has 4 nitrogen and oxygen atoms in total. The smallest absolute Gasteiger partial charge is 0.252 e. The number of hydrogen-bond donors (Lipinski definition) is 0. The fraction of sp³-hybridized carbons (Fsp3) is 0.300. The van der Waals surface area contributed by atoms with Crippen LogP contribution in [0.15, 0.2) is 46.3 Å². The number of amides is 1. The Hall–Kier alpha value is -2.05. The molecule has 0 N–H and O–H groups in total. The van der Waals surface area contributed by atoms with Gasteiger partial charge in [-0.3, -0.25) is 4.79 Å². The number of nitrogens with zero attached hydrogens (tertiary/aromatic N) is 2. The van der Waals surface area contributed by atoms with Gasteiger partial charge in [0.1, 0.15) is 11.3 Å². The summed E-state index contributed by atoms with van der Waals surface area (Å²) in [6.45, 7) is 4.85. The third-order valence-electron chi connectivity index (χ3n) is 4.26. The average molecular weight is 387 g/mol. The molecular weight excluding hydrogens is 364 g/mol. The Kier molecular flexibility index (Phi) is 5.84. The summed E-state index contributed by atoms with van der Waals surface area (Å²) in [5, 5.41) is 0. The minimum absolute atomic E-state index is 0.132. The number of rotatable bonds is 5. The molecule has 0 unspecified atom stereocenters. The summed E-state index contributed by atoms with van der Waals surface area (Å²) < 4.78 is 8.69. The van der Waals surface area contributed by atoms with E-state index in [2.05, 4.69) is 23.4 Å². The number of ether oxygens (including phenoxy) is 1. The van der Waals surface area contributed by atoms with Crippen LogP contribution in [0.4, 0.5) is 0 Å². The van der Waals surface area contributed by atoms with E-state index in [1.165, 1.54) is 4.90 Å². The van der Waals surface area contributed by atoms with Gasteiger partial charge in [-0.2, -0.15) is 4.99 Å². The Morgan fingerprint density at radius 3 is 2.58 bits per heavy atom. The van der Waals surface area contributed by atoms with E-state index in [4.69, 9.17) is 4.74 Å². The second-order valence-corrected chi connectivity index (χ2v) is 7.78. The number of hydrogen-bond acceptors (Lipinski definition) is 4. The van der Waals surface area contributed by atoms with Crippen LogP contribution < -0.4 is 9.54 Å². The summed E-state index contributed by atoms with van der Waals surface area (Å²) in [6, 6.07) is 12.1. The number of aryl methyl sites for hydroxylation is 2. The standard InChI is InChI=1S/C20H22N2O2S2/c1-5-22-18-16(24-3)11-6-13(2)19(18)26-20(22)21-17(23)12-14-7-9-15(25-4)10-8-14/h6-11H,5,12H2,1-4H3. The van der Waals surface area contributed by atoms with Crippen LogP contribution in [-0.4, -0.2) is 23.8 Å². The number of aromatic nitrogens is 1. The zero-order valence-corrected chi connectivity index (χ0v) is 17.0. The number of benzene rings is 2. The molecule has 0 bridgehead atoms. The normalized spacial score (nSPS) is 11.9. The Morgan fingerprint density at radius 2 is 1.96 bits per heavy atom. The monoisotopic (exact) mass is 386 g/mol. The molecule has 26 heavy (non-hydrogen) atoms. The molecule has 0 saturated heterocycles. The fourth-order valence-corrected chi connectivity index (χ4v) is 4.49. The third-order valence-corrected chi connectivity index (χ3v) is 6.21. The predicted molar refractivity (Wildman–Crippen MR) is 109 cm³/mol. The lowest BCUT2D eigenvalue weighted by Crippen LogP contribution is -2.16. The van der Waals surface area contributed by atoms with E-state index in [-0.39, 0.29) is 5.91 Å². The topological polar surface area (TPSA) is 43.6 Å². The molecule has 0 fully saturated rings. The lowest BCUT2D eigenvalue weighted by atomic mass is 10.1. The van der Waals surface area contributed by atoms with Crippen molar-refractivity contribution in [3.63, 3.8) is 0 Å².